The van der Waals surface area contributed by atoms with Gasteiger partial charge < -0.3 is 5.32 Å². The molecule has 0 aliphatic carbocycles. The Bertz CT molecular complexity index is 823. The first-order valence-electron chi connectivity index (χ1n) is 7.10. The maximum absolute atomic E-state index is 13.6. The standard InChI is InChI=1S/C16H18FN3O3S/c1-20(10-12-4-2-3-5-15(12)17)11-16(21)19-13-6-8-14(9-7-13)24(18,22)23/h2-9H,10-11H2,1H3,(H,19,21)(H2,18,22,23). The van der Waals surface area contributed by atoms with Crippen LogP contribution >= 0.6 is 0 Å². The smallest absolute Gasteiger partial charge is 0.238 e. The average Bonchev–Trinajstić information content (AvgIpc) is 2.49. The summed E-state index contributed by atoms with van der Waals surface area (Å²) >= 11 is 0. The first-order chi connectivity index (χ1) is 11.3. The number of anilines is 1. The fraction of sp³-hybridized carbons (Fsp3) is 0.188. The minimum absolute atomic E-state index is 0.0304. The third-order valence-corrected chi connectivity index (χ3v) is 4.21. The Labute approximate surface area is 140 Å². The van der Waals surface area contributed by atoms with Gasteiger partial charge in [0.15, 0.2) is 0 Å². The van der Waals surface area contributed by atoms with Crippen LogP contribution in [0.1, 0.15) is 5.56 Å². The number of sulfonamides is 1. The van der Waals surface area contributed by atoms with Crippen molar-refractivity contribution in [3.63, 3.8) is 0 Å². The number of carbonyl (C=O) groups is 1. The van der Waals surface area contributed by atoms with E-state index in [2.05, 4.69) is 5.32 Å². The zero-order chi connectivity index (χ0) is 17.7. The van der Waals surface area contributed by atoms with E-state index in [0.29, 0.717) is 17.8 Å². The van der Waals surface area contributed by atoms with Crippen LogP contribution < -0.4 is 10.5 Å². The number of hydrogen-bond acceptors (Lipinski definition) is 4. The molecule has 6 nitrogen and oxygen atoms in total. The lowest BCUT2D eigenvalue weighted by Crippen LogP contribution is -2.30. The molecule has 3 N–H and O–H groups in total. The van der Waals surface area contributed by atoms with Gasteiger partial charge in [0.05, 0.1) is 11.4 Å². The van der Waals surface area contributed by atoms with Crippen molar-refractivity contribution in [2.75, 3.05) is 18.9 Å². The lowest BCUT2D eigenvalue weighted by Gasteiger charge is -2.16. The van der Waals surface area contributed by atoms with Crippen LogP contribution in [0.2, 0.25) is 0 Å². The highest BCUT2D eigenvalue weighted by Crippen LogP contribution is 2.13. The summed E-state index contributed by atoms with van der Waals surface area (Å²) < 4.78 is 35.9. The molecule has 0 bridgehead atoms. The number of hydrogen-bond donors (Lipinski definition) is 2. The number of nitrogens with one attached hydrogen (secondary N) is 1. The molecular formula is C16H18FN3O3S. The second-order valence-corrected chi connectivity index (χ2v) is 6.94. The SMILES string of the molecule is CN(CC(=O)Nc1ccc(S(N)(=O)=O)cc1)Cc1ccccc1F. The first-order valence-corrected chi connectivity index (χ1v) is 8.65. The van der Waals surface area contributed by atoms with Crippen LogP contribution in [-0.2, 0) is 21.4 Å². The van der Waals surface area contributed by atoms with Crippen LogP contribution in [0.3, 0.4) is 0 Å². The number of nitrogens with two attached hydrogens (primary N) is 1. The Balaban J connectivity index is 1.92. The van der Waals surface area contributed by atoms with E-state index in [1.165, 1.54) is 30.3 Å². The molecule has 0 radical (unpaired) electrons. The number of likely N-dealkylation sites (N-methyl/N-ethyl adjacent to an activating group) is 1. The quantitative estimate of drug-likeness (QED) is 0.826. The number of nitrogens with zero attached hydrogens (tertiary/aromatic N) is 1. The highest BCUT2D eigenvalue weighted by Gasteiger charge is 2.11. The maximum Gasteiger partial charge on any atom is 0.238 e. The summed E-state index contributed by atoms with van der Waals surface area (Å²) in [6, 6.07) is 11.9. The van der Waals surface area contributed by atoms with Gasteiger partial charge in [-0.1, -0.05) is 18.2 Å². The van der Waals surface area contributed by atoms with Crippen molar-refractivity contribution in [2.45, 2.75) is 11.4 Å². The fourth-order valence-corrected chi connectivity index (χ4v) is 2.66. The van der Waals surface area contributed by atoms with Crippen molar-refractivity contribution in [2.24, 2.45) is 5.14 Å². The minimum Gasteiger partial charge on any atom is -0.325 e. The molecule has 0 aromatic heterocycles. The van der Waals surface area contributed by atoms with Gasteiger partial charge in [0, 0.05) is 17.8 Å². The van der Waals surface area contributed by atoms with Crippen molar-refractivity contribution in [3.05, 3.63) is 59.9 Å². The molecule has 0 saturated carbocycles. The summed E-state index contributed by atoms with van der Waals surface area (Å²) in [5, 5.41) is 7.65. The second kappa shape index (κ2) is 7.52. The van der Waals surface area contributed by atoms with Gasteiger partial charge >= 0.3 is 0 Å². The molecule has 0 aliphatic rings. The lowest BCUT2D eigenvalue weighted by molar-refractivity contribution is -0.117. The van der Waals surface area contributed by atoms with E-state index in [-0.39, 0.29) is 23.2 Å². The Morgan fingerprint density at radius 1 is 1.17 bits per heavy atom. The molecule has 1 amide bonds. The topological polar surface area (TPSA) is 92.5 Å². The Morgan fingerprint density at radius 3 is 2.38 bits per heavy atom. The summed E-state index contributed by atoms with van der Waals surface area (Å²) in [7, 11) is -2.06. The Kier molecular flexibility index (Phi) is 5.66. The highest BCUT2D eigenvalue weighted by atomic mass is 32.2. The molecule has 0 aliphatic heterocycles. The van der Waals surface area contributed by atoms with E-state index in [0.717, 1.165) is 0 Å². The number of primary sulfonamides is 1. The van der Waals surface area contributed by atoms with Crippen LogP contribution in [0.25, 0.3) is 0 Å². The largest absolute Gasteiger partial charge is 0.325 e. The molecule has 0 spiro atoms. The molecular weight excluding hydrogens is 333 g/mol. The van der Waals surface area contributed by atoms with Gasteiger partial charge in [-0.05, 0) is 37.4 Å². The molecule has 0 atom stereocenters. The summed E-state index contributed by atoms with van der Waals surface area (Å²) in [6.45, 7) is 0.357. The number of rotatable bonds is 6. The molecule has 0 saturated heterocycles. The molecule has 0 heterocycles. The third kappa shape index (κ3) is 5.12. The predicted molar refractivity (Wildman–Crippen MR) is 89.2 cm³/mol. The number of carbonyl (C=O) groups excluding carboxylic acids is 1. The van der Waals surface area contributed by atoms with E-state index in [4.69, 9.17) is 5.14 Å². The van der Waals surface area contributed by atoms with Crippen LogP contribution in [0.15, 0.2) is 53.4 Å². The predicted octanol–water partition coefficient (Wildman–Crippen LogP) is 1.54. The lowest BCUT2D eigenvalue weighted by atomic mass is 10.2. The highest BCUT2D eigenvalue weighted by molar-refractivity contribution is 7.89. The van der Waals surface area contributed by atoms with E-state index in [1.807, 2.05) is 0 Å². The van der Waals surface area contributed by atoms with Crippen molar-refractivity contribution < 1.29 is 17.6 Å². The number of amides is 1. The van der Waals surface area contributed by atoms with Gasteiger partial charge in [-0.2, -0.15) is 0 Å². The van der Waals surface area contributed by atoms with Crippen LogP contribution in [0, 0.1) is 5.82 Å². The summed E-state index contributed by atoms with van der Waals surface area (Å²) in [6.07, 6.45) is 0. The molecule has 0 unspecified atom stereocenters. The number of halogens is 1. The third-order valence-electron chi connectivity index (χ3n) is 3.28. The Morgan fingerprint density at radius 2 is 1.79 bits per heavy atom. The maximum atomic E-state index is 13.6. The summed E-state index contributed by atoms with van der Waals surface area (Å²) in [5.74, 6) is -0.611. The van der Waals surface area contributed by atoms with Gasteiger partial charge in [0.2, 0.25) is 15.9 Å². The molecule has 24 heavy (non-hydrogen) atoms. The van der Waals surface area contributed by atoms with Crippen molar-refractivity contribution >= 4 is 21.6 Å². The van der Waals surface area contributed by atoms with Gasteiger partial charge in [0.25, 0.3) is 0 Å². The van der Waals surface area contributed by atoms with Gasteiger partial charge in [-0.25, -0.2) is 17.9 Å². The van der Waals surface area contributed by atoms with E-state index in [1.54, 1.807) is 30.1 Å². The molecule has 128 valence electrons. The van der Waals surface area contributed by atoms with Crippen LogP contribution in [-0.4, -0.2) is 32.8 Å². The normalized spacial score (nSPS) is 11.5. The van der Waals surface area contributed by atoms with Gasteiger partial charge in [-0.15, -0.1) is 0 Å². The Hall–Kier alpha value is -2.29. The van der Waals surface area contributed by atoms with Gasteiger partial charge in [0.1, 0.15) is 5.82 Å². The molecule has 8 heteroatoms. The minimum atomic E-state index is -3.76. The van der Waals surface area contributed by atoms with Crippen molar-refractivity contribution in [1.82, 2.24) is 4.90 Å². The van der Waals surface area contributed by atoms with Gasteiger partial charge in [-0.3, -0.25) is 9.69 Å². The average molecular weight is 351 g/mol. The molecule has 2 aromatic carbocycles. The van der Waals surface area contributed by atoms with Crippen LogP contribution in [0.4, 0.5) is 10.1 Å². The second-order valence-electron chi connectivity index (χ2n) is 5.38. The molecule has 0 fully saturated rings. The summed E-state index contributed by atoms with van der Waals surface area (Å²) in [4.78, 5) is 13.6. The molecule has 2 aromatic rings. The summed E-state index contributed by atoms with van der Waals surface area (Å²) in [5.41, 5.74) is 0.956. The zero-order valence-corrected chi connectivity index (χ0v) is 13.9. The van der Waals surface area contributed by atoms with E-state index in [9.17, 15) is 17.6 Å². The molecule has 2 rings (SSSR count). The monoisotopic (exact) mass is 351 g/mol. The van der Waals surface area contributed by atoms with Crippen molar-refractivity contribution in [3.8, 4) is 0 Å². The number of benzene rings is 2. The van der Waals surface area contributed by atoms with Crippen LogP contribution in [0.5, 0.6) is 0 Å². The van der Waals surface area contributed by atoms with E-state index < -0.39 is 10.0 Å². The van der Waals surface area contributed by atoms with E-state index >= 15 is 0 Å². The van der Waals surface area contributed by atoms with Crippen molar-refractivity contribution in [1.29, 1.82) is 0 Å². The zero-order valence-electron chi connectivity index (χ0n) is 13.1. The fourth-order valence-electron chi connectivity index (χ4n) is 2.15. The first kappa shape index (κ1) is 18.1.